The third-order valence-electron chi connectivity index (χ3n) is 4.16. The number of nitrogens with zero attached hydrogens (tertiary/aromatic N) is 1. The molecule has 12 nitrogen and oxygen atoms in total. The molecule has 0 radical (unpaired) electrons. The van der Waals surface area contributed by atoms with Gasteiger partial charge in [-0.1, -0.05) is 0 Å². The smallest absolute Gasteiger partial charge is 0.326 e. The zero-order valence-electron chi connectivity index (χ0n) is 19.6. The Hall–Kier alpha value is -3.20. The maximum Gasteiger partial charge on any atom is 0.326 e. The van der Waals surface area contributed by atoms with Crippen molar-refractivity contribution >= 4 is 29.8 Å². The highest BCUT2D eigenvalue weighted by Gasteiger charge is 2.56. The van der Waals surface area contributed by atoms with Gasteiger partial charge in [0.15, 0.2) is 24.2 Å². The maximum atomic E-state index is 12.7. The van der Waals surface area contributed by atoms with Gasteiger partial charge in [-0.15, -0.1) is 0 Å². The van der Waals surface area contributed by atoms with Crippen molar-refractivity contribution in [3.63, 3.8) is 0 Å². The molecule has 0 aromatic carbocycles. The number of hydrogen-bond donors (Lipinski definition) is 0. The van der Waals surface area contributed by atoms with Crippen LogP contribution in [0.1, 0.15) is 48.5 Å². The lowest BCUT2D eigenvalue weighted by Gasteiger charge is -2.45. The third-order valence-corrected chi connectivity index (χ3v) is 4.16. The van der Waals surface area contributed by atoms with E-state index in [9.17, 15) is 29.2 Å². The number of rotatable bonds is 7. The largest absolute Gasteiger partial charge is 0.463 e. The summed E-state index contributed by atoms with van der Waals surface area (Å²) >= 11 is 0. The second-order valence-corrected chi connectivity index (χ2v) is 8.30. The fourth-order valence-corrected chi connectivity index (χ4v) is 3.16. The summed E-state index contributed by atoms with van der Waals surface area (Å²) in [6.07, 6.45) is -7.17. The van der Waals surface area contributed by atoms with E-state index in [1.54, 1.807) is 26.8 Å². The van der Waals surface area contributed by atoms with Gasteiger partial charge in [0.25, 0.3) is 0 Å². The monoisotopic (exact) mass is 471 g/mol. The highest BCUT2D eigenvalue weighted by Crippen LogP contribution is 2.33. The summed E-state index contributed by atoms with van der Waals surface area (Å²) in [5.74, 6) is -5.77. The SMILES string of the molecule is CC(=O)OC[C@H]1O[C@@H]([C@H](C#N)C(=O)OC(C)(C)C)[C@H](OC(C)=O)[C@@H](OC(C)=O)[C@@H]1OC(C)=O. The molecule has 0 aliphatic carbocycles. The minimum atomic E-state index is -1.63. The number of carbonyl (C=O) groups is 5. The van der Waals surface area contributed by atoms with Crippen molar-refractivity contribution in [2.75, 3.05) is 6.61 Å². The third kappa shape index (κ3) is 8.69. The summed E-state index contributed by atoms with van der Waals surface area (Å²) in [6, 6.07) is 1.77. The van der Waals surface area contributed by atoms with Crippen LogP contribution in [0.15, 0.2) is 0 Å². The van der Waals surface area contributed by atoms with E-state index in [1.807, 2.05) is 0 Å². The first-order chi connectivity index (χ1) is 15.2. The summed E-state index contributed by atoms with van der Waals surface area (Å²) in [6.45, 7) is 8.64. The van der Waals surface area contributed by atoms with Crippen LogP contribution in [-0.4, -0.2) is 72.6 Å². The molecule has 0 N–H and O–H groups in total. The van der Waals surface area contributed by atoms with Crippen LogP contribution in [-0.2, 0) is 52.4 Å². The number of nitriles is 1. The first kappa shape index (κ1) is 27.8. The van der Waals surface area contributed by atoms with Gasteiger partial charge in [-0.25, -0.2) is 0 Å². The highest BCUT2D eigenvalue weighted by molar-refractivity contribution is 5.77. The minimum absolute atomic E-state index is 0.471. The van der Waals surface area contributed by atoms with E-state index >= 15 is 0 Å². The Morgan fingerprint density at radius 1 is 0.848 bits per heavy atom. The predicted molar refractivity (Wildman–Crippen MR) is 107 cm³/mol. The zero-order chi connectivity index (χ0) is 25.5. The van der Waals surface area contributed by atoms with Crippen molar-refractivity contribution in [3.8, 4) is 6.07 Å². The highest BCUT2D eigenvalue weighted by atomic mass is 16.7. The van der Waals surface area contributed by atoms with Crippen LogP contribution in [0, 0.1) is 17.2 Å². The molecule has 0 spiro atoms. The van der Waals surface area contributed by atoms with E-state index in [0.29, 0.717) is 0 Å². The van der Waals surface area contributed by atoms with Gasteiger partial charge in [0.1, 0.15) is 24.4 Å². The van der Waals surface area contributed by atoms with Gasteiger partial charge in [0.05, 0.1) is 6.07 Å². The van der Waals surface area contributed by atoms with E-state index in [1.165, 1.54) is 0 Å². The van der Waals surface area contributed by atoms with Crippen LogP contribution in [0.4, 0.5) is 0 Å². The fraction of sp³-hybridized carbons (Fsp3) is 0.714. The molecule has 0 saturated carbocycles. The summed E-state index contributed by atoms with van der Waals surface area (Å²) in [5, 5.41) is 9.73. The first-order valence-corrected chi connectivity index (χ1v) is 10.1. The molecule has 0 aromatic heterocycles. The lowest BCUT2D eigenvalue weighted by atomic mass is 9.87. The van der Waals surface area contributed by atoms with Gasteiger partial charge in [-0.05, 0) is 20.8 Å². The van der Waals surface area contributed by atoms with Crippen molar-refractivity contribution < 1.29 is 52.4 Å². The summed E-state index contributed by atoms with van der Waals surface area (Å²) in [7, 11) is 0. The molecule has 1 fully saturated rings. The van der Waals surface area contributed by atoms with Crippen LogP contribution in [0.3, 0.4) is 0 Å². The van der Waals surface area contributed by atoms with E-state index in [0.717, 1.165) is 27.7 Å². The standard InChI is InChI=1S/C21H29NO11/c1-10(23)28-9-15-17(29-11(2)24)19(31-13(4)26)18(30-12(3)25)16(32-15)14(8-22)20(27)33-21(5,6)7/h14-19H,9H2,1-7H3/t14-,15+,16-,17+,18-,19-/m0/s1. The minimum Gasteiger partial charge on any atom is -0.463 e. The summed E-state index contributed by atoms with van der Waals surface area (Å²) in [4.78, 5) is 59.5. The van der Waals surface area contributed by atoms with Crippen LogP contribution < -0.4 is 0 Å². The van der Waals surface area contributed by atoms with E-state index in [-0.39, 0.29) is 0 Å². The van der Waals surface area contributed by atoms with Crippen LogP contribution in [0.2, 0.25) is 0 Å². The molecule has 0 amide bonds. The molecule has 0 bridgehead atoms. The Morgan fingerprint density at radius 2 is 1.33 bits per heavy atom. The zero-order valence-corrected chi connectivity index (χ0v) is 19.6. The molecule has 1 aliphatic heterocycles. The molecule has 1 aliphatic rings. The van der Waals surface area contributed by atoms with Gasteiger partial charge >= 0.3 is 29.8 Å². The molecule has 1 rings (SSSR count). The average Bonchev–Trinajstić information content (AvgIpc) is 2.62. The number of esters is 5. The molecule has 1 saturated heterocycles. The molecule has 0 unspecified atom stereocenters. The summed E-state index contributed by atoms with van der Waals surface area (Å²) < 4.78 is 31.9. The lowest BCUT2D eigenvalue weighted by molar-refractivity contribution is -0.259. The van der Waals surface area contributed by atoms with E-state index < -0.39 is 78.5 Å². The molecule has 33 heavy (non-hydrogen) atoms. The number of hydrogen-bond acceptors (Lipinski definition) is 12. The average molecular weight is 471 g/mol. The Bertz CT molecular complexity index is 810. The van der Waals surface area contributed by atoms with E-state index in [4.69, 9.17) is 28.4 Å². The van der Waals surface area contributed by atoms with Crippen molar-refractivity contribution in [2.45, 2.75) is 84.6 Å². The van der Waals surface area contributed by atoms with Gasteiger partial charge < -0.3 is 28.4 Å². The van der Waals surface area contributed by atoms with Gasteiger partial charge in [0.2, 0.25) is 0 Å². The Kier molecular flexibility index (Phi) is 9.79. The molecule has 184 valence electrons. The Balaban J connectivity index is 3.54. The van der Waals surface area contributed by atoms with Crippen LogP contribution in [0.5, 0.6) is 0 Å². The Morgan fingerprint density at radius 3 is 1.76 bits per heavy atom. The van der Waals surface area contributed by atoms with Gasteiger partial charge in [-0.3, -0.25) is 24.0 Å². The van der Waals surface area contributed by atoms with Gasteiger partial charge in [0, 0.05) is 27.7 Å². The van der Waals surface area contributed by atoms with Crippen molar-refractivity contribution in [3.05, 3.63) is 0 Å². The molecule has 6 atom stereocenters. The fourth-order valence-electron chi connectivity index (χ4n) is 3.16. The van der Waals surface area contributed by atoms with Crippen molar-refractivity contribution in [2.24, 2.45) is 5.92 Å². The first-order valence-electron chi connectivity index (χ1n) is 10.1. The molecule has 12 heteroatoms. The molecular weight excluding hydrogens is 442 g/mol. The van der Waals surface area contributed by atoms with Crippen LogP contribution in [0.25, 0.3) is 0 Å². The van der Waals surface area contributed by atoms with Crippen LogP contribution >= 0.6 is 0 Å². The Labute approximate surface area is 191 Å². The molecular formula is C21H29NO11. The molecule has 1 heterocycles. The number of ether oxygens (including phenoxy) is 6. The molecule has 0 aromatic rings. The normalized spacial score (nSPS) is 25.6. The predicted octanol–water partition coefficient (Wildman–Crippen LogP) is 0.593. The quantitative estimate of drug-likeness (QED) is 0.375. The van der Waals surface area contributed by atoms with Gasteiger partial charge in [-0.2, -0.15) is 5.26 Å². The van der Waals surface area contributed by atoms with Crippen molar-refractivity contribution in [1.29, 1.82) is 5.26 Å². The van der Waals surface area contributed by atoms with Crippen molar-refractivity contribution in [1.82, 2.24) is 0 Å². The second-order valence-electron chi connectivity index (χ2n) is 8.30. The van der Waals surface area contributed by atoms with E-state index in [2.05, 4.69) is 0 Å². The topological polar surface area (TPSA) is 165 Å². The summed E-state index contributed by atoms with van der Waals surface area (Å²) in [5.41, 5.74) is -0.954. The lowest BCUT2D eigenvalue weighted by Crippen LogP contribution is -2.64. The second kappa shape index (κ2) is 11.6. The number of carbonyl (C=O) groups excluding carboxylic acids is 5. The maximum absolute atomic E-state index is 12.7.